The van der Waals surface area contributed by atoms with Crippen LogP contribution in [0.3, 0.4) is 0 Å². The van der Waals surface area contributed by atoms with Gasteiger partial charge < -0.3 is 9.84 Å². The zero-order valence-corrected chi connectivity index (χ0v) is 10.1. The third-order valence-corrected chi connectivity index (χ3v) is 4.31. The molecule has 2 aliphatic rings. The van der Waals surface area contributed by atoms with Gasteiger partial charge in [-0.2, -0.15) is 0 Å². The van der Waals surface area contributed by atoms with Crippen molar-refractivity contribution in [2.75, 3.05) is 13.2 Å². The number of aliphatic hydroxyl groups is 1. The minimum absolute atomic E-state index is 0.0718. The van der Waals surface area contributed by atoms with Crippen molar-refractivity contribution in [3.8, 4) is 0 Å². The van der Waals surface area contributed by atoms with Crippen LogP contribution in [-0.2, 0) is 11.3 Å². The number of benzene rings is 1. The second kappa shape index (κ2) is 4.43. The van der Waals surface area contributed by atoms with E-state index in [1.807, 2.05) is 18.2 Å². The van der Waals surface area contributed by atoms with Gasteiger partial charge in [0.05, 0.1) is 19.8 Å². The van der Waals surface area contributed by atoms with E-state index >= 15 is 0 Å². The lowest BCUT2D eigenvalue weighted by molar-refractivity contribution is -0.00441. The van der Waals surface area contributed by atoms with Crippen LogP contribution >= 0.6 is 0 Å². The highest BCUT2D eigenvalue weighted by atomic mass is 16.5. The van der Waals surface area contributed by atoms with Crippen LogP contribution in [0.2, 0.25) is 0 Å². The van der Waals surface area contributed by atoms with Crippen molar-refractivity contribution in [3.63, 3.8) is 0 Å². The molecule has 3 rings (SSSR count). The highest BCUT2D eigenvalue weighted by Crippen LogP contribution is 2.59. The molecular formula is C15H20O2. The normalized spacial score (nSPS) is 34.6. The third-order valence-electron chi connectivity index (χ3n) is 4.31. The minimum Gasteiger partial charge on any atom is -0.396 e. The molecule has 0 heterocycles. The SMILES string of the molecule is OCC1(COCc2ccccc2)CC2CC2C1. The summed E-state index contributed by atoms with van der Waals surface area (Å²) in [6.45, 7) is 1.66. The van der Waals surface area contributed by atoms with Gasteiger partial charge in [0.2, 0.25) is 0 Å². The Morgan fingerprint density at radius 2 is 1.88 bits per heavy atom. The highest BCUT2D eigenvalue weighted by Gasteiger charge is 2.53. The first-order chi connectivity index (χ1) is 8.31. The van der Waals surface area contributed by atoms with Crippen molar-refractivity contribution in [2.45, 2.75) is 25.9 Å². The van der Waals surface area contributed by atoms with Crippen LogP contribution < -0.4 is 0 Å². The Bertz CT molecular complexity index is 364. The first-order valence-electron chi connectivity index (χ1n) is 6.54. The molecule has 0 saturated heterocycles. The molecule has 0 radical (unpaired) electrons. The Balaban J connectivity index is 1.50. The molecule has 1 aromatic rings. The van der Waals surface area contributed by atoms with E-state index in [0.717, 1.165) is 11.8 Å². The molecule has 0 aromatic heterocycles. The van der Waals surface area contributed by atoms with E-state index in [2.05, 4.69) is 12.1 Å². The van der Waals surface area contributed by atoms with Gasteiger partial charge in [-0.1, -0.05) is 30.3 Å². The molecule has 2 saturated carbocycles. The van der Waals surface area contributed by atoms with E-state index < -0.39 is 0 Å². The predicted molar refractivity (Wildman–Crippen MR) is 66.4 cm³/mol. The minimum atomic E-state index is 0.0718. The summed E-state index contributed by atoms with van der Waals surface area (Å²) in [6.07, 6.45) is 3.73. The topological polar surface area (TPSA) is 29.5 Å². The summed E-state index contributed by atoms with van der Waals surface area (Å²) in [5, 5.41) is 9.57. The maximum atomic E-state index is 9.57. The van der Waals surface area contributed by atoms with Crippen LogP contribution in [0.15, 0.2) is 30.3 Å². The molecule has 0 spiro atoms. The Kier molecular flexibility index (Phi) is 2.93. The molecule has 2 aliphatic carbocycles. The van der Waals surface area contributed by atoms with E-state index in [9.17, 15) is 5.11 Å². The molecule has 0 amide bonds. The van der Waals surface area contributed by atoms with E-state index in [0.29, 0.717) is 13.2 Å². The number of aliphatic hydroxyl groups excluding tert-OH is 1. The molecule has 1 aromatic carbocycles. The maximum Gasteiger partial charge on any atom is 0.0717 e. The lowest BCUT2D eigenvalue weighted by Gasteiger charge is -2.28. The van der Waals surface area contributed by atoms with Crippen LogP contribution in [0.4, 0.5) is 0 Å². The quantitative estimate of drug-likeness (QED) is 0.845. The van der Waals surface area contributed by atoms with Gasteiger partial charge in [-0.05, 0) is 36.7 Å². The van der Waals surface area contributed by atoms with Crippen molar-refractivity contribution in [1.29, 1.82) is 0 Å². The van der Waals surface area contributed by atoms with Crippen LogP contribution in [0, 0.1) is 17.3 Å². The summed E-state index contributed by atoms with van der Waals surface area (Å²) in [5.41, 5.74) is 1.28. The maximum absolute atomic E-state index is 9.57. The van der Waals surface area contributed by atoms with Crippen LogP contribution in [0.1, 0.15) is 24.8 Å². The van der Waals surface area contributed by atoms with E-state index in [1.165, 1.54) is 24.8 Å². The summed E-state index contributed by atoms with van der Waals surface area (Å²) in [7, 11) is 0. The summed E-state index contributed by atoms with van der Waals surface area (Å²) >= 11 is 0. The van der Waals surface area contributed by atoms with Crippen LogP contribution in [0.5, 0.6) is 0 Å². The van der Waals surface area contributed by atoms with Crippen molar-refractivity contribution in [2.24, 2.45) is 17.3 Å². The fourth-order valence-electron chi connectivity index (χ4n) is 3.26. The van der Waals surface area contributed by atoms with Gasteiger partial charge in [0.15, 0.2) is 0 Å². The molecule has 92 valence electrons. The smallest absolute Gasteiger partial charge is 0.0717 e. The molecule has 2 atom stereocenters. The predicted octanol–water partition coefficient (Wildman–Crippen LogP) is 2.61. The van der Waals surface area contributed by atoms with Gasteiger partial charge in [-0.15, -0.1) is 0 Å². The monoisotopic (exact) mass is 232 g/mol. The van der Waals surface area contributed by atoms with Gasteiger partial charge in [0.25, 0.3) is 0 Å². The second-order valence-corrected chi connectivity index (χ2v) is 5.80. The van der Waals surface area contributed by atoms with Gasteiger partial charge >= 0.3 is 0 Å². The highest BCUT2D eigenvalue weighted by molar-refractivity contribution is 5.13. The number of ether oxygens (including phenoxy) is 1. The summed E-state index contributed by atoms with van der Waals surface area (Å²) in [5.74, 6) is 1.78. The zero-order chi connectivity index (χ0) is 11.7. The Hall–Kier alpha value is -0.860. The molecule has 2 nitrogen and oxygen atoms in total. The first kappa shape index (κ1) is 11.2. The van der Waals surface area contributed by atoms with Crippen molar-refractivity contribution < 1.29 is 9.84 Å². The van der Waals surface area contributed by atoms with Gasteiger partial charge in [-0.3, -0.25) is 0 Å². The Morgan fingerprint density at radius 1 is 1.18 bits per heavy atom. The second-order valence-electron chi connectivity index (χ2n) is 5.80. The largest absolute Gasteiger partial charge is 0.396 e. The molecule has 2 unspecified atom stereocenters. The van der Waals surface area contributed by atoms with Gasteiger partial charge in [0, 0.05) is 5.41 Å². The van der Waals surface area contributed by atoms with E-state index in [1.54, 1.807) is 0 Å². The molecule has 17 heavy (non-hydrogen) atoms. The number of fused-ring (bicyclic) bond motifs is 1. The molecule has 2 fully saturated rings. The number of rotatable bonds is 5. The average Bonchev–Trinajstić information content (AvgIpc) is 2.99. The van der Waals surface area contributed by atoms with Crippen molar-refractivity contribution in [1.82, 2.24) is 0 Å². The molecular weight excluding hydrogens is 212 g/mol. The lowest BCUT2D eigenvalue weighted by atomic mass is 9.85. The van der Waals surface area contributed by atoms with Gasteiger partial charge in [0.1, 0.15) is 0 Å². The third kappa shape index (κ3) is 2.38. The number of hydrogen-bond donors (Lipinski definition) is 1. The lowest BCUT2D eigenvalue weighted by Crippen LogP contribution is -2.29. The molecule has 0 bridgehead atoms. The molecule has 0 aliphatic heterocycles. The average molecular weight is 232 g/mol. The van der Waals surface area contributed by atoms with Crippen LogP contribution in [0.25, 0.3) is 0 Å². The Labute approximate surface area is 103 Å². The number of hydrogen-bond acceptors (Lipinski definition) is 2. The van der Waals surface area contributed by atoms with E-state index in [4.69, 9.17) is 4.74 Å². The Morgan fingerprint density at radius 3 is 2.53 bits per heavy atom. The summed E-state index contributed by atoms with van der Waals surface area (Å²) < 4.78 is 5.81. The van der Waals surface area contributed by atoms with Crippen molar-refractivity contribution in [3.05, 3.63) is 35.9 Å². The van der Waals surface area contributed by atoms with Gasteiger partial charge in [-0.25, -0.2) is 0 Å². The zero-order valence-electron chi connectivity index (χ0n) is 10.1. The summed E-state index contributed by atoms with van der Waals surface area (Å²) in [6, 6.07) is 10.2. The molecule has 1 N–H and O–H groups in total. The molecule has 2 heteroatoms. The van der Waals surface area contributed by atoms with Crippen LogP contribution in [-0.4, -0.2) is 18.3 Å². The summed E-state index contributed by atoms with van der Waals surface area (Å²) in [4.78, 5) is 0. The fraction of sp³-hybridized carbons (Fsp3) is 0.600. The van der Waals surface area contributed by atoms with Crippen molar-refractivity contribution >= 4 is 0 Å². The standard InChI is InChI=1S/C15H20O2/c16-10-15(7-13-6-14(13)8-15)11-17-9-12-4-2-1-3-5-12/h1-5,13-14,16H,6-11H2. The fourth-order valence-corrected chi connectivity index (χ4v) is 3.26. The first-order valence-corrected chi connectivity index (χ1v) is 6.54. The van der Waals surface area contributed by atoms with E-state index in [-0.39, 0.29) is 12.0 Å².